The minimum Gasteiger partial charge on any atom is -0.487 e. The number of aromatic carboxylic acids is 1. The molecule has 0 fully saturated rings. The molecule has 0 radical (unpaired) electrons. The van der Waals surface area contributed by atoms with Crippen molar-refractivity contribution >= 4 is 39.9 Å². The Bertz CT molecular complexity index is 639. The first-order valence-electron chi connectivity index (χ1n) is 6.52. The molecule has 0 saturated carbocycles. The molecule has 0 saturated heterocycles. The van der Waals surface area contributed by atoms with Crippen molar-refractivity contribution in [3.63, 3.8) is 0 Å². The van der Waals surface area contributed by atoms with Crippen LogP contribution in [0.2, 0.25) is 0 Å². The number of carboxylic acid groups (broad SMARTS) is 1. The zero-order valence-corrected chi connectivity index (χ0v) is 15.1. The Hall–Kier alpha value is -1.08. The largest absolute Gasteiger partial charge is 0.487 e. The molecule has 1 aromatic heterocycles. The molecule has 2 aromatic rings. The molecule has 5 heteroatoms. The molecule has 1 aromatic carbocycles. The normalized spacial score (nSPS) is 11.4. The third-order valence-electron chi connectivity index (χ3n) is 2.94. The van der Waals surface area contributed by atoms with E-state index < -0.39 is 5.97 Å². The predicted molar refractivity (Wildman–Crippen MR) is 93.5 cm³/mol. The van der Waals surface area contributed by atoms with Gasteiger partial charge in [0, 0.05) is 8.45 Å². The van der Waals surface area contributed by atoms with Gasteiger partial charge < -0.3 is 9.84 Å². The second kappa shape index (κ2) is 6.36. The molecule has 21 heavy (non-hydrogen) atoms. The molecular formula is C16H17IO3S. The quantitative estimate of drug-likeness (QED) is 0.720. The maximum Gasteiger partial charge on any atom is 0.349 e. The second-order valence-electron chi connectivity index (χ2n) is 5.77. The molecule has 112 valence electrons. The van der Waals surface area contributed by atoms with Crippen LogP contribution in [0, 0.1) is 3.57 Å². The Morgan fingerprint density at radius 1 is 1.29 bits per heavy atom. The lowest BCUT2D eigenvalue weighted by molar-refractivity contribution is 0.0697. The Kier molecular flexibility index (Phi) is 4.93. The minimum absolute atomic E-state index is 0.0840. The SMILES string of the molecule is CC(C)(C)c1cc(OCc2ccc(I)cc2)c(C(=O)O)s1. The molecule has 0 spiro atoms. The highest BCUT2D eigenvalue weighted by molar-refractivity contribution is 14.1. The van der Waals surface area contributed by atoms with E-state index in [1.807, 2.05) is 30.3 Å². The minimum atomic E-state index is -0.937. The van der Waals surface area contributed by atoms with E-state index >= 15 is 0 Å². The number of benzene rings is 1. The highest BCUT2D eigenvalue weighted by Crippen LogP contribution is 2.37. The van der Waals surface area contributed by atoms with Crippen LogP contribution in [0.1, 0.15) is 40.9 Å². The molecule has 0 aliphatic rings. The van der Waals surface area contributed by atoms with Gasteiger partial charge >= 0.3 is 5.97 Å². The summed E-state index contributed by atoms with van der Waals surface area (Å²) in [6.07, 6.45) is 0. The van der Waals surface area contributed by atoms with Crippen LogP contribution in [-0.2, 0) is 12.0 Å². The molecule has 3 nitrogen and oxygen atoms in total. The number of ether oxygens (including phenoxy) is 1. The average Bonchev–Trinajstić information content (AvgIpc) is 2.82. The number of carboxylic acids is 1. The Balaban J connectivity index is 2.20. The van der Waals surface area contributed by atoms with Gasteiger partial charge in [0.15, 0.2) is 4.88 Å². The summed E-state index contributed by atoms with van der Waals surface area (Å²) in [6.45, 7) is 6.56. The zero-order chi connectivity index (χ0) is 15.6. The van der Waals surface area contributed by atoms with Crippen molar-refractivity contribution in [1.29, 1.82) is 0 Å². The van der Waals surface area contributed by atoms with Gasteiger partial charge in [0.1, 0.15) is 12.4 Å². The molecule has 2 rings (SSSR count). The average molecular weight is 416 g/mol. The number of halogens is 1. The van der Waals surface area contributed by atoms with Gasteiger partial charge in [-0.05, 0) is 51.8 Å². The van der Waals surface area contributed by atoms with Crippen LogP contribution in [0.4, 0.5) is 0 Å². The lowest BCUT2D eigenvalue weighted by atomic mass is 9.95. The van der Waals surface area contributed by atoms with Crippen LogP contribution in [0.15, 0.2) is 30.3 Å². The summed E-state index contributed by atoms with van der Waals surface area (Å²) < 4.78 is 6.89. The van der Waals surface area contributed by atoms with Crippen molar-refractivity contribution in [2.24, 2.45) is 0 Å². The molecule has 0 unspecified atom stereocenters. The molecule has 0 aliphatic heterocycles. The van der Waals surface area contributed by atoms with Crippen LogP contribution < -0.4 is 4.74 Å². The molecule has 0 aliphatic carbocycles. The van der Waals surface area contributed by atoms with Crippen molar-refractivity contribution < 1.29 is 14.6 Å². The fraction of sp³-hybridized carbons (Fsp3) is 0.312. The number of hydrogen-bond donors (Lipinski definition) is 1. The first-order valence-corrected chi connectivity index (χ1v) is 8.42. The van der Waals surface area contributed by atoms with E-state index in [0.717, 1.165) is 14.0 Å². The summed E-state index contributed by atoms with van der Waals surface area (Å²) in [5.74, 6) is -0.482. The van der Waals surface area contributed by atoms with Crippen LogP contribution in [0.25, 0.3) is 0 Å². The monoisotopic (exact) mass is 416 g/mol. The highest BCUT2D eigenvalue weighted by Gasteiger charge is 2.23. The van der Waals surface area contributed by atoms with Crippen LogP contribution in [-0.4, -0.2) is 11.1 Å². The number of thiophene rings is 1. The van der Waals surface area contributed by atoms with E-state index in [9.17, 15) is 9.90 Å². The topological polar surface area (TPSA) is 46.5 Å². The van der Waals surface area contributed by atoms with E-state index in [2.05, 4.69) is 43.4 Å². The molecule has 0 atom stereocenters. The Labute approximate surface area is 142 Å². The first kappa shape index (κ1) is 16.3. The molecule has 0 bridgehead atoms. The summed E-state index contributed by atoms with van der Waals surface area (Å²) in [6, 6.07) is 9.83. The van der Waals surface area contributed by atoms with E-state index in [1.165, 1.54) is 11.3 Å². The summed E-state index contributed by atoms with van der Waals surface area (Å²) in [5.41, 5.74) is 0.939. The van der Waals surface area contributed by atoms with Gasteiger partial charge in [-0.15, -0.1) is 11.3 Å². The van der Waals surface area contributed by atoms with Gasteiger partial charge in [0.05, 0.1) is 0 Å². The van der Waals surface area contributed by atoms with Gasteiger partial charge in [-0.3, -0.25) is 0 Å². The molecule has 1 heterocycles. The fourth-order valence-corrected chi connectivity index (χ4v) is 3.10. The van der Waals surface area contributed by atoms with Gasteiger partial charge in [-0.1, -0.05) is 32.9 Å². The van der Waals surface area contributed by atoms with Gasteiger partial charge in [0.2, 0.25) is 0 Å². The predicted octanol–water partition coefficient (Wildman–Crippen LogP) is 4.93. The van der Waals surface area contributed by atoms with E-state index in [4.69, 9.17) is 4.74 Å². The second-order valence-corrected chi connectivity index (χ2v) is 8.07. The van der Waals surface area contributed by atoms with E-state index in [1.54, 1.807) is 0 Å². The van der Waals surface area contributed by atoms with E-state index in [-0.39, 0.29) is 10.3 Å². The van der Waals surface area contributed by atoms with Crippen LogP contribution in [0.5, 0.6) is 5.75 Å². The number of carbonyl (C=O) groups is 1. The zero-order valence-electron chi connectivity index (χ0n) is 12.1. The molecule has 1 N–H and O–H groups in total. The molecule has 0 amide bonds. The highest BCUT2D eigenvalue weighted by atomic mass is 127. The van der Waals surface area contributed by atoms with Crippen LogP contribution in [0.3, 0.4) is 0 Å². The van der Waals surface area contributed by atoms with Gasteiger partial charge in [-0.2, -0.15) is 0 Å². The van der Waals surface area contributed by atoms with E-state index in [0.29, 0.717) is 12.4 Å². The van der Waals surface area contributed by atoms with Gasteiger partial charge in [0.25, 0.3) is 0 Å². The standard InChI is InChI=1S/C16H17IO3S/c1-16(2,3)13-8-12(14(21-13)15(18)19)20-9-10-4-6-11(17)7-5-10/h4-8H,9H2,1-3H3,(H,18,19). The third kappa shape index (κ3) is 4.20. The Morgan fingerprint density at radius 2 is 1.90 bits per heavy atom. The van der Waals surface area contributed by atoms with Crippen molar-refractivity contribution in [3.05, 3.63) is 49.2 Å². The summed E-state index contributed by atoms with van der Waals surface area (Å²) in [7, 11) is 0. The van der Waals surface area contributed by atoms with Gasteiger partial charge in [-0.25, -0.2) is 4.79 Å². The summed E-state index contributed by atoms with van der Waals surface area (Å²) in [4.78, 5) is 12.6. The first-order chi connectivity index (χ1) is 9.77. The van der Waals surface area contributed by atoms with Crippen molar-refractivity contribution in [2.45, 2.75) is 32.8 Å². The molecular weight excluding hydrogens is 399 g/mol. The third-order valence-corrected chi connectivity index (χ3v) is 5.19. The van der Waals surface area contributed by atoms with Crippen molar-refractivity contribution in [1.82, 2.24) is 0 Å². The summed E-state index contributed by atoms with van der Waals surface area (Å²) in [5, 5.41) is 9.31. The maximum atomic E-state index is 11.3. The Morgan fingerprint density at radius 3 is 2.43 bits per heavy atom. The maximum absolute atomic E-state index is 11.3. The lowest BCUT2D eigenvalue weighted by Gasteiger charge is -2.15. The van der Waals surface area contributed by atoms with Crippen molar-refractivity contribution in [3.8, 4) is 5.75 Å². The fourth-order valence-electron chi connectivity index (χ4n) is 1.74. The summed E-state index contributed by atoms with van der Waals surface area (Å²) >= 11 is 3.53. The van der Waals surface area contributed by atoms with Crippen LogP contribution >= 0.6 is 33.9 Å². The smallest absolute Gasteiger partial charge is 0.349 e. The lowest BCUT2D eigenvalue weighted by Crippen LogP contribution is -2.08. The number of hydrogen-bond acceptors (Lipinski definition) is 3. The number of rotatable bonds is 4. The van der Waals surface area contributed by atoms with Crippen molar-refractivity contribution in [2.75, 3.05) is 0 Å².